The first-order valence-electron chi connectivity index (χ1n) is 12.2. The first-order valence-corrected chi connectivity index (χ1v) is 12.2. The second-order valence-corrected chi connectivity index (χ2v) is 11.0. The molecule has 2 fully saturated rings. The lowest BCUT2D eigenvalue weighted by Gasteiger charge is -2.35. The summed E-state index contributed by atoms with van der Waals surface area (Å²) in [6.07, 6.45) is 5.17. The maximum absolute atomic E-state index is 13.9. The summed E-state index contributed by atoms with van der Waals surface area (Å²) in [5, 5.41) is 26.5. The minimum absolute atomic E-state index is 0.119. The number of rotatable bonds is 5. The summed E-state index contributed by atoms with van der Waals surface area (Å²) in [6, 6.07) is -1.64. The zero-order valence-electron chi connectivity index (χ0n) is 20.3. The van der Waals surface area contributed by atoms with E-state index in [0.717, 1.165) is 43.7 Å². The van der Waals surface area contributed by atoms with Crippen molar-refractivity contribution in [3.05, 3.63) is 23.5 Å². The van der Waals surface area contributed by atoms with Gasteiger partial charge in [-0.25, -0.2) is 14.3 Å². The highest BCUT2D eigenvalue weighted by atomic mass is 16.3. The van der Waals surface area contributed by atoms with Crippen molar-refractivity contribution in [2.75, 3.05) is 6.54 Å². The van der Waals surface area contributed by atoms with Crippen LogP contribution >= 0.6 is 0 Å². The molecule has 5 rings (SSSR count). The van der Waals surface area contributed by atoms with Gasteiger partial charge < -0.3 is 15.3 Å². The average molecular weight is 471 g/mol. The molecule has 184 valence electrons. The van der Waals surface area contributed by atoms with E-state index in [1.807, 2.05) is 38.6 Å². The van der Waals surface area contributed by atoms with Crippen LogP contribution in [-0.4, -0.2) is 70.3 Å². The number of aromatic nitrogens is 6. The van der Waals surface area contributed by atoms with E-state index in [1.54, 1.807) is 4.68 Å². The molecule has 2 aliphatic heterocycles. The predicted octanol–water partition coefficient (Wildman–Crippen LogP) is 1.26. The summed E-state index contributed by atoms with van der Waals surface area (Å²) in [6.45, 7) is 8.67. The number of hydrogen-bond acceptors (Lipinski definition) is 7. The molecule has 11 nitrogen and oxygen atoms in total. The lowest BCUT2D eigenvalue weighted by atomic mass is 9.85. The van der Waals surface area contributed by atoms with Gasteiger partial charge in [0.05, 0.1) is 17.8 Å². The van der Waals surface area contributed by atoms with E-state index in [-0.39, 0.29) is 30.8 Å². The second kappa shape index (κ2) is 8.44. The molecule has 0 bridgehead atoms. The molecule has 11 heteroatoms. The highest BCUT2D eigenvalue weighted by molar-refractivity contribution is 5.90. The van der Waals surface area contributed by atoms with Gasteiger partial charge in [-0.05, 0) is 38.0 Å². The van der Waals surface area contributed by atoms with Crippen molar-refractivity contribution in [3.63, 3.8) is 0 Å². The minimum Gasteiger partial charge on any atom is -0.391 e. The van der Waals surface area contributed by atoms with Crippen LogP contribution < -0.4 is 5.32 Å². The minimum atomic E-state index is -0.754. The molecule has 2 amide bonds. The number of carbonyl (C=O) groups is 2. The zero-order chi connectivity index (χ0) is 24.2. The summed E-state index contributed by atoms with van der Waals surface area (Å²) in [7, 11) is 0. The van der Waals surface area contributed by atoms with Crippen molar-refractivity contribution in [2.24, 2.45) is 5.41 Å². The molecular formula is C23H34N8O3. The maximum atomic E-state index is 13.9. The standard InChI is InChI=1S/C23H34N8O3/c1-13-24-20-16(6-5-9-30(20)27-13)25-21(33)18-10-15(32)11-29(18)22(34)19(23(2,3)4)31-12-17(26-28-31)14-7-8-14/h12,14-16,18-19,32H,5-11H2,1-4H3,(H,25,33)/t15-,16?,18+,19-/m0/s1. The van der Waals surface area contributed by atoms with Crippen molar-refractivity contribution < 1.29 is 14.7 Å². The molecule has 4 heterocycles. The highest BCUT2D eigenvalue weighted by Gasteiger charge is 2.46. The third-order valence-corrected chi connectivity index (χ3v) is 7.00. The number of amides is 2. The summed E-state index contributed by atoms with van der Waals surface area (Å²) in [4.78, 5) is 33.3. The topological polar surface area (TPSA) is 131 Å². The van der Waals surface area contributed by atoms with Crippen molar-refractivity contribution in [3.8, 4) is 0 Å². The maximum Gasteiger partial charge on any atom is 0.248 e. The van der Waals surface area contributed by atoms with E-state index in [4.69, 9.17) is 0 Å². The molecule has 4 atom stereocenters. The average Bonchev–Trinajstić information content (AvgIpc) is 3.16. The van der Waals surface area contributed by atoms with Crippen molar-refractivity contribution in [1.82, 2.24) is 40.0 Å². The molecule has 1 saturated heterocycles. The van der Waals surface area contributed by atoms with E-state index in [0.29, 0.717) is 11.7 Å². The van der Waals surface area contributed by atoms with Gasteiger partial charge in [-0.3, -0.25) is 9.59 Å². The van der Waals surface area contributed by atoms with Gasteiger partial charge in [-0.1, -0.05) is 26.0 Å². The number of aryl methyl sites for hydroxylation is 2. The van der Waals surface area contributed by atoms with E-state index in [9.17, 15) is 14.7 Å². The number of nitrogens with one attached hydrogen (secondary N) is 1. The number of hydrogen-bond donors (Lipinski definition) is 2. The van der Waals surface area contributed by atoms with Crippen LogP contribution in [0.2, 0.25) is 0 Å². The fourth-order valence-corrected chi connectivity index (χ4v) is 5.20. The monoisotopic (exact) mass is 470 g/mol. The van der Waals surface area contributed by atoms with E-state index < -0.39 is 23.6 Å². The third kappa shape index (κ3) is 4.33. The largest absolute Gasteiger partial charge is 0.391 e. The fraction of sp³-hybridized carbons (Fsp3) is 0.739. The Labute approximate surface area is 198 Å². The molecule has 34 heavy (non-hydrogen) atoms. The number of aliphatic hydroxyl groups excluding tert-OH is 1. The number of aliphatic hydroxyl groups is 1. The van der Waals surface area contributed by atoms with Crippen LogP contribution in [-0.2, 0) is 16.1 Å². The summed E-state index contributed by atoms with van der Waals surface area (Å²) in [5.41, 5.74) is 0.451. The Balaban J connectivity index is 1.37. The lowest BCUT2D eigenvalue weighted by molar-refractivity contribution is -0.144. The summed E-state index contributed by atoms with van der Waals surface area (Å²) < 4.78 is 3.48. The van der Waals surface area contributed by atoms with Crippen LogP contribution in [0.1, 0.15) is 88.2 Å². The van der Waals surface area contributed by atoms with Crippen molar-refractivity contribution in [2.45, 2.75) is 96.5 Å². The van der Waals surface area contributed by atoms with Gasteiger partial charge in [0, 0.05) is 31.6 Å². The summed E-state index contributed by atoms with van der Waals surface area (Å²) in [5.74, 6) is 1.36. The molecule has 0 radical (unpaired) electrons. The number of fused-ring (bicyclic) bond motifs is 1. The van der Waals surface area contributed by atoms with E-state index >= 15 is 0 Å². The van der Waals surface area contributed by atoms with Crippen LogP contribution in [0.3, 0.4) is 0 Å². The molecular weight excluding hydrogens is 436 g/mol. The number of β-amino-alcohol motifs (C(OH)–C–C–N with tert-alkyl or cyclic N) is 1. The van der Waals surface area contributed by atoms with E-state index in [1.165, 1.54) is 4.90 Å². The van der Waals surface area contributed by atoms with Gasteiger partial charge in [-0.15, -0.1) is 5.10 Å². The van der Waals surface area contributed by atoms with Gasteiger partial charge in [0.2, 0.25) is 11.8 Å². The zero-order valence-corrected chi connectivity index (χ0v) is 20.3. The molecule has 1 unspecified atom stereocenters. The fourth-order valence-electron chi connectivity index (χ4n) is 5.20. The summed E-state index contributed by atoms with van der Waals surface area (Å²) >= 11 is 0. The molecule has 3 aliphatic rings. The van der Waals surface area contributed by atoms with Crippen LogP contribution in [0.25, 0.3) is 0 Å². The van der Waals surface area contributed by atoms with Gasteiger partial charge in [-0.2, -0.15) is 5.10 Å². The molecule has 0 spiro atoms. The lowest BCUT2D eigenvalue weighted by Crippen LogP contribution is -2.51. The Morgan fingerprint density at radius 2 is 2.00 bits per heavy atom. The number of nitrogens with zero attached hydrogens (tertiary/aromatic N) is 7. The van der Waals surface area contributed by atoms with Crippen LogP contribution in [0.4, 0.5) is 0 Å². The van der Waals surface area contributed by atoms with Crippen molar-refractivity contribution >= 4 is 11.8 Å². The Kier molecular flexibility index (Phi) is 5.70. The first kappa shape index (κ1) is 22.9. The number of carbonyl (C=O) groups excluding carboxylic acids is 2. The molecule has 0 aromatic carbocycles. The van der Waals surface area contributed by atoms with Crippen LogP contribution in [0.15, 0.2) is 6.20 Å². The van der Waals surface area contributed by atoms with Crippen molar-refractivity contribution in [1.29, 1.82) is 0 Å². The van der Waals surface area contributed by atoms with Crippen LogP contribution in [0.5, 0.6) is 0 Å². The van der Waals surface area contributed by atoms with Crippen LogP contribution in [0, 0.1) is 12.3 Å². The van der Waals surface area contributed by atoms with Gasteiger partial charge in [0.25, 0.3) is 0 Å². The normalized spacial score (nSPS) is 25.8. The molecule has 2 N–H and O–H groups in total. The molecule has 2 aromatic heterocycles. The number of likely N-dealkylation sites (tertiary alicyclic amines) is 1. The van der Waals surface area contributed by atoms with Gasteiger partial charge in [0.1, 0.15) is 23.7 Å². The smallest absolute Gasteiger partial charge is 0.248 e. The Morgan fingerprint density at radius 3 is 2.71 bits per heavy atom. The Morgan fingerprint density at radius 1 is 1.24 bits per heavy atom. The third-order valence-electron chi connectivity index (χ3n) is 7.00. The molecule has 2 aromatic rings. The second-order valence-electron chi connectivity index (χ2n) is 11.0. The quantitative estimate of drug-likeness (QED) is 0.672. The molecule has 1 saturated carbocycles. The predicted molar refractivity (Wildman–Crippen MR) is 121 cm³/mol. The molecule has 1 aliphatic carbocycles. The SMILES string of the molecule is Cc1nc2n(n1)CCCC2NC(=O)[C@H]1C[C@H](O)CN1C(=O)[C@H](n1cc(C2CC2)nn1)C(C)(C)C. The Bertz CT molecular complexity index is 1080. The highest BCUT2D eigenvalue weighted by Crippen LogP contribution is 2.40. The van der Waals surface area contributed by atoms with E-state index in [2.05, 4.69) is 25.7 Å². The van der Waals surface area contributed by atoms with Gasteiger partial charge in [0.15, 0.2) is 0 Å². The Hall–Kier alpha value is -2.82. The van der Waals surface area contributed by atoms with Gasteiger partial charge >= 0.3 is 0 Å². The first-order chi connectivity index (χ1) is 16.1.